The van der Waals surface area contributed by atoms with Crippen LogP contribution in [0.2, 0.25) is 0 Å². The molecule has 2 aromatic rings. The minimum Gasteiger partial charge on any atom is -0.479 e. The number of carbonyl (C=O) groups is 2. The number of piperidine rings is 1. The lowest BCUT2D eigenvalue weighted by molar-refractivity contribution is -0.165. The van der Waals surface area contributed by atoms with Crippen LogP contribution < -0.4 is 0 Å². The lowest BCUT2D eigenvalue weighted by Crippen LogP contribution is -2.51. The molecule has 25 heavy (non-hydrogen) atoms. The molecule has 2 aromatic carbocycles. The van der Waals surface area contributed by atoms with Gasteiger partial charge in [0.15, 0.2) is 5.60 Å². The lowest BCUT2D eigenvalue weighted by Gasteiger charge is -2.35. The number of carbonyl (C=O) groups excluding carboxylic acids is 1. The molecule has 2 aliphatic rings. The fraction of sp³-hybridized carbons (Fsp3) is 0.400. The topological polar surface area (TPSA) is 77.8 Å². The van der Waals surface area contributed by atoms with Crippen LogP contribution in [0.4, 0.5) is 0 Å². The molecular weight excluding hydrogens is 318 g/mol. The van der Waals surface area contributed by atoms with Gasteiger partial charge in [-0.2, -0.15) is 0 Å². The number of carboxylic acid groups (broad SMARTS) is 1. The molecule has 2 unspecified atom stereocenters. The van der Waals surface area contributed by atoms with Gasteiger partial charge < -0.3 is 15.1 Å². The molecule has 1 amide bonds. The second-order valence-corrected chi connectivity index (χ2v) is 7.22. The summed E-state index contributed by atoms with van der Waals surface area (Å²) in [6.45, 7) is 0.616. The van der Waals surface area contributed by atoms with Crippen molar-refractivity contribution in [3.05, 3.63) is 48.0 Å². The second kappa shape index (κ2) is 5.85. The number of likely N-dealkylation sites (tertiary alicyclic amines) is 1. The maximum absolute atomic E-state index is 12.7. The van der Waals surface area contributed by atoms with Crippen molar-refractivity contribution in [3.8, 4) is 0 Å². The molecular formula is C20H21NO4. The van der Waals surface area contributed by atoms with Gasteiger partial charge >= 0.3 is 5.97 Å². The minimum atomic E-state index is -1.68. The molecule has 0 spiro atoms. The van der Waals surface area contributed by atoms with Crippen molar-refractivity contribution >= 4 is 22.6 Å². The van der Waals surface area contributed by atoms with Gasteiger partial charge in [0.05, 0.1) is 0 Å². The Labute approximate surface area is 145 Å². The van der Waals surface area contributed by atoms with E-state index >= 15 is 0 Å². The zero-order chi connectivity index (χ0) is 17.6. The van der Waals surface area contributed by atoms with E-state index in [0.29, 0.717) is 13.1 Å². The molecule has 1 saturated heterocycles. The highest BCUT2D eigenvalue weighted by Gasteiger charge is 2.48. The number of hydrogen-bond acceptors (Lipinski definition) is 3. The van der Waals surface area contributed by atoms with Crippen LogP contribution in [0.3, 0.4) is 0 Å². The number of aliphatic hydroxyl groups is 1. The summed E-state index contributed by atoms with van der Waals surface area (Å²) in [5.74, 6) is -0.875. The first-order valence-electron chi connectivity index (χ1n) is 8.71. The Balaban J connectivity index is 1.42. The predicted molar refractivity (Wildman–Crippen MR) is 93.2 cm³/mol. The van der Waals surface area contributed by atoms with Crippen LogP contribution in [0.5, 0.6) is 0 Å². The number of rotatable bonds is 3. The minimum absolute atomic E-state index is 0.0165. The molecule has 1 aliphatic carbocycles. The van der Waals surface area contributed by atoms with E-state index in [1.165, 1.54) is 16.3 Å². The van der Waals surface area contributed by atoms with Crippen LogP contribution in [-0.2, 0) is 9.59 Å². The average Bonchev–Trinajstić information content (AvgIpc) is 3.42. The van der Waals surface area contributed by atoms with Crippen LogP contribution >= 0.6 is 0 Å². The Morgan fingerprint density at radius 3 is 2.40 bits per heavy atom. The molecule has 0 bridgehead atoms. The summed E-state index contributed by atoms with van der Waals surface area (Å²) in [5, 5.41) is 21.4. The number of fused-ring (bicyclic) bond motifs is 1. The lowest BCUT2D eigenvalue weighted by atomic mass is 9.91. The third kappa shape index (κ3) is 2.89. The van der Waals surface area contributed by atoms with Crippen molar-refractivity contribution < 1.29 is 19.8 Å². The molecule has 1 aliphatic heterocycles. The quantitative estimate of drug-likeness (QED) is 0.900. The molecule has 2 fully saturated rings. The number of nitrogens with zero attached hydrogens (tertiary/aromatic N) is 1. The maximum Gasteiger partial charge on any atom is 0.335 e. The average molecular weight is 339 g/mol. The summed E-state index contributed by atoms with van der Waals surface area (Å²) in [4.78, 5) is 25.5. The predicted octanol–water partition coefficient (Wildman–Crippen LogP) is 2.38. The first-order valence-corrected chi connectivity index (χ1v) is 8.71. The summed E-state index contributed by atoms with van der Waals surface area (Å²) >= 11 is 0. The van der Waals surface area contributed by atoms with E-state index in [0.717, 1.165) is 6.42 Å². The normalized spacial score (nSPS) is 24.9. The molecule has 5 heteroatoms. The molecule has 1 saturated carbocycles. The summed E-state index contributed by atoms with van der Waals surface area (Å²) < 4.78 is 0. The molecule has 0 radical (unpaired) electrons. The standard InChI is InChI=1S/C20H21NO4/c22-18(21-9-7-20(25,8-10-21)19(23)24)17-12-16(17)15-6-5-13-3-1-2-4-14(13)11-15/h1-6,11,16-17,25H,7-10,12H2,(H,23,24). The van der Waals surface area contributed by atoms with Gasteiger partial charge in [0.2, 0.25) is 5.91 Å². The molecule has 130 valence electrons. The van der Waals surface area contributed by atoms with Crippen LogP contribution in [0.15, 0.2) is 42.5 Å². The van der Waals surface area contributed by atoms with E-state index in [-0.39, 0.29) is 30.6 Å². The van der Waals surface area contributed by atoms with E-state index in [9.17, 15) is 14.7 Å². The van der Waals surface area contributed by atoms with Gasteiger partial charge in [-0.3, -0.25) is 4.79 Å². The summed E-state index contributed by atoms with van der Waals surface area (Å²) in [7, 11) is 0. The smallest absolute Gasteiger partial charge is 0.335 e. The number of amides is 1. The van der Waals surface area contributed by atoms with Gasteiger partial charge in [-0.05, 0) is 28.7 Å². The zero-order valence-electron chi connectivity index (χ0n) is 13.9. The van der Waals surface area contributed by atoms with Crippen molar-refractivity contribution in [1.82, 2.24) is 4.90 Å². The highest BCUT2D eigenvalue weighted by atomic mass is 16.4. The van der Waals surface area contributed by atoms with Crippen molar-refractivity contribution in [1.29, 1.82) is 0 Å². The number of aliphatic carboxylic acids is 1. The molecule has 2 N–H and O–H groups in total. The second-order valence-electron chi connectivity index (χ2n) is 7.22. The van der Waals surface area contributed by atoms with E-state index in [1.54, 1.807) is 4.90 Å². The molecule has 2 atom stereocenters. The fourth-order valence-corrected chi connectivity index (χ4v) is 3.82. The van der Waals surface area contributed by atoms with Gasteiger partial charge in [0.25, 0.3) is 0 Å². The molecule has 0 aromatic heterocycles. The van der Waals surface area contributed by atoms with E-state index in [1.807, 2.05) is 12.1 Å². The third-order valence-corrected chi connectivity index (χ3v) is 5.61. The first-order chi connectivity index (χ1) is 12.0. The summed E-state index contributed by atoms with van der Waals surface area (Å²) in [6, 6.07) is 14.5. The first kappa shape index (κ1) is 16.1. The van der Waals surface area contributed by atoms with Gasteiger partial charge in [0, 0.05) is 31.8 Å². The van der Waals surface area contributed by atoms with Gasteiger partial charge in [-0.15, -0.1) is 0 Å². The Morgan fingerprint density at radius 1 is 1.04 bits per heavy atom. The molecule has 5 nitrogen and oxygen atoms in total. The highest BCUT2D eigenvalue weighted by Crippen LogP contribution is 2.49. The van der Waals surface area contributed by atoms with Gasteiger partial charge in [0.1, 0.15) is 0 Å². The SMILES string of the molecule is O=C(C1CC1c1ccc2ccccc2c1)N1CCC(O)(C(=O)O)CC1. The van der Waals surface area contributed by atoms with E-state index in [4.69, 9.17) is 5.11 Å². The third-order valence-electron chi connectivity index (χ3n) is 5.61. The maximum atomic E-state index is 12.7. The summed E-state index contributed by atoms with van der Waals surface area (Å²) in [5.41, 5.74) is -0.492. The van der Waals surface area contributed by atoms with Gasteiger partial charge in [-0.1, -0.05) is 42.5 Å². The van der Waals surface area contributed by atoms with E-state index < -0.39 is 11.6 Å². The molecule has 1 heterocycles. The Bertz CT molecular complexity index is 838. The number of benzene rings is 2. The Morgan fingerprint density at radius 2 is 1.72 bits per heavy atom. The monoisotopic (exact) mass is 339 g/mol. The van der Waals surface area contributed by atoms with Crippen LogP contribution in [0, 0.1) is 5.92 Å². The fourth-order valence-electron chi connectivity index (χ4n) is 3.82. The van der Waals surface area contributed by atoms with Crippen molar-refractivity contribution in [2.75, 3.05) is 13.1 Å². The van der Waals surface area contributed by atoms with Crippen molar-refractivity contribution in [2.24, 2.45) is 5.92 Å². The molecule has 4 rings (SSSR count). The zero-order valence-corrected chi connectivity index (χ0v) is 13.9. The van der Waals surface area contributed by atoms with Crippen LogP contribution in [0.25, 0.3) is 10.8 Å². The van der Waals surface area contributed by atoms with Crippen molar-refractivity contribution in [3.63, 3.8) is 0 Å². The highest BCUT2D eigenvalue weighted by molar-refractivity contribution is 5.86. The van der Waals surface area contributed by atoms with Crippen LogP contribution in [-0.4, -0.2) is 45.7 Å². The Kier molecular flexibility index (Phi) is 3.76. The van der Waals surface area contributed by atoms with E-state index in [2.05, 4.69) is 30.3 Å². The van der Waals surface area contributed by atoms with Crippen LogP contribution in [0.1, 0.15) is 30.7 Å². The van der Waals surface area contributed by atoms with Gasteiger partial charge in [-0.25, -0.2) is 4.79 Å². The number of hydrogen-bond donors (Lipinski definition) is 2. The van der Waals surface area contributed by atoms with Crippen molar-refractivity contribution in [2.45, 2.75) is 30.8 Å². The Hall–Kier alpha value is -2.40. The number of carboxylic acids is 1. The summed E-state index contributed by atoms with van der Waals surface area (Å²) in [6.07, 6.45) is 1.04. The largest absolute Gasteiger partial charge is 0.479 e.